The van der Waals surface area contributed by atoms with Crippen LogP contribution in [0.2, 0.25) is 13.1 Å². The fourth-order valence-corrected chi connectivity index (χ4v) is 17.8. The van der Waals surface area contributed by atoms with Crippen LogP contribution in [0.4, 0.5) is 0 Å². The Kier molecular flexibility index (Phi) is 7.85. The van der Waals surface area contributed by atoms with Crippen LogP contribution in [0.1, 0.15) is 0 Å². The number of alkyl halides is 2. The minimum absolute atomic E-state index is 0.678. The average molecular weight is 430 g/mol. The molecule has 0 aliphatic rings. The normalized spacial score (nSPS) is 15.1. The highest BCUT2D eigenvalue weighted by Gasteiger charge is 2.32. The number of halogens is 3. The smallest absolute Gasteiger partial charge is 0.162 e. The van der Waals surface area contributed by atoms with Crippen molar-refractivity contribution >= 4 is 69.6 Å². The summed E-state index contributed by atoms with van der Waals surface area (Å²) in [6, 6.07) is 21.2. The molecule has 128 valence electrons. The van der Waals surface area contributed by atoms with E-state index in [1.165, 1.54) is 15.2 Å². The van der Waals surface area contributed by atoms with Gasteiger partial charge in [-0.1, -0.05) is 94.7 Å². The first-order valence-electron chi connectivity index (χ1n) is 8.10. The molecule has 0 nitrogen and oxygen atoms in total. The van der Waals surface area contributed by atoms with Crippen LogP contribution in [0.15, 0.2) is 71.2 Å². The Morgan fingerprint density at radius 2 is 1.38 bits per heavy atom. The van der Waals surface area contributed by atoms with Gasteiger partial charge in [-0.05, 0) is 0 Å². The van der Waals surface area contributed by atoms with E-state index in [0.29, 0.717) is 11.0 Å². The molecule has 0 saturated carbocycles. The van der Waals surface area contributed by atoms with Gasteiger partial charge in [0.2, 0.25) is 0 Å². The summed E-state index contributed by atoms with van der Waals surface area (Å²) in [5.74, 6) is 0. The Morgan fingerprint density at radius 1 is 0.875 bits per heavy atom. The maximum Gasteiger partial charge on any atom is 0.172 e. The van der Waals surface area contributed by atoms with Crippen LogP contribution >= 0.6 is 34.3 Å². The number of rotatable bonds is 7. The van der Waals surface area contributed by atoms with Crippen LogP contribution in [-0.2, 0) is 0 Å². The molecule has 2 atom stereocenters. The van der Waals surface area contributed by atoms with Crippen molar-refractivity contribution in [3.05, 3.63) is 71.2 Å². The molecule has 0 aliphatic carbocycles. The zero-order valence-electron chi connectivity index (χ0n) is 14.1. The van der Waals surface area contributed by atoms with Crippen LogP contribution in [0.3, 0.4) is 0 Å². The second-order valence-corrected chi connectivity index (χ2v) is 20.4. The van der Waals surface area contributed by atoms with Crippen molar-refractivity contribution in [2.24, 2.45) is 0 Å². The largest absolute Gasteiger partial charge is 0.172 e. The standard InChI is InChI=1S/C18H23Cl3Si3/c1-24(2,21)18(23(15-20)17-11-7-4-8-12-17)13-22(14-19)16-9-5-3-6-10-16/h3-13,22-23H,14-15H2,1-2H3/b18-13-. The molecule has 0 amide bonds. The molecule has 2 aromatic carbocycles. The lowest BCUT2D eigenvalue weighted by Gasteiger charge is -2.27. The van der Waals surface area contributed by atoms with E-state index >= 15 is 0 Å². The Balaban J connectivity index is 2.47. The van der Waals surface area contributed by atoms with Crippen LogP contribution < -0.4 is 10.4 Å². The minimum atomic E-state index is -1.98. The van der Waals surface area contributed by atoms with Crippen molar-refractivity contribution in [2.45, 2.75) is 13.1 Å². The predicted molar refractivity (Wildman–Crippen MR) is 119 cm³/mol. The van der Waals surface area contributed by atoms with Crippen molar-refractivity contribution in [3.63, 3.8) is 0 Å². The van der Waals surface area contributed by atoms with Gasteiger partial charge in [-0.3, -0.25) is 0 Å². The first kappa shape index (κ1) is 20.0. The molecule has 2 unspecified atom stereocenters. The van der Waals surface area contributed by atoms with E-state index in [2.05, 4.69) is 73.4 Å². The number of hydrogen-bond acceptors (Lipinski definition) is 0. The van der Waals surface area contributed by atoms with Gasteiger partial charge in [0.05, 0.1) is 0 Å². The fourth-order valence-electron chi connectivity index (χ4n) is 2.91. The highest BCUT2D eigenvalue weighted by atomic mass is 35.6. The van der Waals surface area contributed by atoms with E-state index in [9.17, 15) is 0 Å². The third kappa shape index (κ3) is 5.35. The second-order valence-electron chi connectivity index (χ2n) is 6.38. The molecule has 0 spiro atoms. The van der Waals surface area contributed by atoms with Crippen molar-refractivity contribution in [3.8, 4) is 0 Å². The Hall–Kier alpha value is -0.299. The first-order chi connectivity index (χ1) is 11.5. The van der Waals surface area contributed by atoms with Gasteiger partial charge in [-0.25, -0.2) is 0 Å². The molecule has 0 bridgehead atoms. The van der Waals surface area contributed by atoms with E-state index < -0.39 is 25.0 Å². The van der Waals surface area contributed by atoms with Gasteiger partial charge in [0.1, 0.15) is 17.6 Å². The lowest BCUT2D eigenvalue weighted by molar-refractivity contribution is 1.72. The fraction of sp³-hybridized carbons (Fsp3) is 0.222. The summed E-state index contributed by atoms with van der Waals surface area (Å²) in [4.78, 5) is 1.45. The predicted octanol–water partition coefficient (Wildman–Crippen LogP) is 3.80. The maximum absolute atomic E-state index is 6.94. The second kappa shape index (κ2) is 9.41. The Morgan fingerprint density at radius 3 is 1.79 bits per heavy atom. The molecule has 24 heavy (non-hydrogen) atoms. The molecule has 0 aliphatic heterocycles. The highest BCUT2D eigenvalue weighted by Crippen LogP contribution is 2.23. The summed E-state index contributed by atoms with van der Waals surface area (Å²) >= 11 is 19.7. The number of hydrogen-bond donors (Lipinski definition) is 0. The monoisotopic (exact) mass is 428 g/mol. The van der Waals surface area contributed by atoms with Gasteiger partial charge >= 0.3 is 0 Å². The molecule has 0 fully saturated rings. The van der Waals surface area contributed by atoms with Crippen LogP contribution in [0.25, 0.3) is 0 Å². The van der Waals surface area contributed by atoms with Gasteiger partial charge in [0, 0.05) is 11.0 Å². The molecule has 0 N–H and O–H groups in total. The summed E-state index contributed by atoms with van der Waals surface area (Å²) in [7, 11) is -4.84. The summed E-state index contributed by atoms with van der Waals surface area (Å²) in [5, 5.41) is 2.74. The van der Waals surface area contributed by atoms with Crippen LogP contribution in [-0.4, -0.2) is 36.0 Å². The quantitative estimate of drug-likeness (QED) is 0.357. The molecule has 0 heterocycles. The lowest BCUT2D eigenvalue weighted by Crippen LogP contribution is -2.45. The first-order valence-corrected chi connectivity index (χ1v) is 17.2. The van der Waals surface area contributed by atoms with Crippen molar-refractivity contribution in [1.82, 2.24) is 0 Å². The molecular formula is C18H23Cl3Si3. The third-order valence-electron chi connectivity index (χ3n) is 4.19. The molecule has 6 heteroatoms. The maximum atomic E-state index is 6.94. The van der Waals surface area contributed by atoms with Crippen molar-refractivity contribution < 1.29 is 0 Å². The topological polar surface area (TPSA) is 0 Å². The van der Waals surface area contributed by atoms with E-state index in [1.807, 2.05) is 6.07 Å². The summed E-state index contributed by atoms with van der Waals surface area (Å²) in [6.07, 6.45) is 0. The van der Waals surface area contributed by atoms with Gasteiger partial charge in [0.25, 0.3) is 0 Å². The molecule has 0 radical (unpaired) electrons. The Labute approximate surface area is 164 Å². The molecule has 2 rings (SSSR count). The Bertz CT molecular complexity index is 654. The minimum Gasteiger partial charge on any atom is -0.162 e. The SMILES string of the molecule is C[Si](C)(Cl)/C(=C\[SiH](CCl)c1ccccc1)[SiH](CCl)c1ccccc1. The average Bonchev–Trinajstić information content (AvgIpc) is 2.59. The van der Waals surface area contributed by atoms with Gasteiger partial charge < -0.3 is 0 Å². The van der Waals surface area contributed by atoms with Crippen molar-refractivity contribution in [1.29, 1.82) is 0 Å². The van der Waals surface area contributed by atoms with Gasteiger partial charge in [0.15, 0.2) is 7.38 Å². The summed E-state index contributed by atoms with van der Waals surface area (Å²) < 4.78 is 0. The van der Waals surface area contributed by atoms with E-state index in [1.54, 1.807) is 0 Å². The molecule has 0 saturated heterocycles. The third-order valence-corrected chi connectivity index (χ3v) is 17.6. The molecule has 0 aromatic heterocycles. The van der Waals surface area contributed by atoms with E-state index in [4.69, 9.17) is 34.3 Å². The van der Waals surface area contributed by atoms with Crippen LogP contribution in [0.5, 0.6) is 0 Å². The highest BCUT2D eigenvalue weighted by molar-refractivity contribution is 7.29. The lowest BCUT2D eigenvalue weighted by atomic mass is 10.4. The molecular weight excluding hydrogens is 407 g/mol. The van der Waals surface area contributed by atoms with Gasteiger partial charge in [-0.2, -0.15) is 11.1 Å². The van der Waals surface area contributed by atoms with E-state index in [0.717, 1.165) is 0 Å². The van der Waals surface area contributed by atoms with Crippen molar-refractivity contribution in [2.75, 3.05) is 11.0 Å². The van der Waals surface area contributed by atoms with E-state index in [-0.39, 0.29) is 0 Å². The summed E-state index contributed by atoms with van der Waals surface area (Å²) in [5.41, 5.74) is 3.83. The van der Waals surface area contributed by atoms with Crippen LogP contribution in [0, 0.1) is 0 Å². The molecule has 2 aromatic rings. The van der Waals surface area contributed by atoms with Gasteiger partial charge in [-0.15, -0.1) is 23.2 Å². The zero-order chi connectivity index (χ0) is 17.6. The zero-order valence-corrected chi connectivity index (χ0v) is 19.6. The number of benzene rings is 2. The summed E-state index contributed by atoms with van der Waals surface area (Å²) in [6.45, 7) is 4.42.